The van der Waals surface area contributed by atoms with Crippen LogP contribution in [-0.4, -0.2) is 17.9 Å². The van der Waals surface area contributed by atoms with E-state index in [1.807, 2.05) is 26.0 Å². The predicted octanol–water partition coefficient (Wildman–Crippen LogP) is 2.34. The molecule has 1 aliphatic rings. The van der Waals surface area contributed by atoms with Crippen LogP contribution in [0.2, 0.25) is 5.02 Å². The number of benzene rings is 1. The molecule has 2 amide bonds. The third-order valence-electron chi connectivity index (χ3n) is 3.49. The maximum atomic E-state index is 12.0. The highest BCUT2D eigenvalue weighted by Crippen LogP contribution is 2.19. The van der Waals surface area contributed by atoms with E-state index in [0.29, 0.717) is 10.6 Å². The Labute approximate surface area is 123 Å². The van der Waals surface area contributed by atoms with Crippen LogP contribution in [0.15, 0.2) is 30.0 Å². The van der Waals surface area contributed by atoms with Crippen molar-refractivity contribution < 1.29 is 9.59 Å². The summed E-state index contributed by atoms with van der Waals surface area (Å²) in [4.78, 5) is 24.1. The molecule has 106 valence electrons. The molecule has 1 aliphatic heterocycles. The smallest absolute Gasteiger partial charge is 0.268 e. The predicted molar refractivity (Wildman–Crippen MR) is 79.0 cm³/mol. The van der Waals surface area contributed by atoms with E-state index in [4.69, 9.17) is 11.6 Å². The molecule has 0 unspecified atom stereocenters. The maximum Gasteiger partial charge on any atom is 0.268 e. The molecule has 2 N–H and O–H groups in total. The van der Waals surface area contributed by atoms with Gasteiger partial charge in [-0.1, -0.05) is 50.1 Å². The number of hydrogen-bond donors (Lipinski definition) is 2. The first-order chi connectivity index (χ1) is 9.52. The fraction of sp³-hybridized carbons (Fsp3) is 0.333. The number of rotatable bonds is 3. The van der Waals surface area contributed by atoms with Gasteiger partial charge < -0.3 is 10.6 Å². The summed E-state index contributed by atoms with van der Waals surface area (Å²) in [5.74, 6) is -0.368. The number of piperazine rings is 1. The van der Waals surface area contributed by atoms with Crippen LogP contribution in [0.3, 0.4) is 0 Å². The molecule has 0 radical (unpaired) electrons. The minimum absolute atomic E-state index is 0.0980. The van der Waals surface area contributed by atoms with Crippen LogP contribution < -0.4 is 10.6 Å². The molecule has 1 heterocycles. The van der Waals surface area contributed by atoms with E-state index in [2.05, 4.69) is 10.6 Å². The molecule has 1 aromatic rings. The summed E-state index contributed by atoms with van der Waals surface area (Å²) in [5, 5.41) is 5.94. The number of hydrogen-bond acceptors (Lipinski definition) is 2. The minimum atomic E-state index is -0.476. The number of amides is 2. The van der Waals surface area contributed by atoms with Gasteiger partial charge in [-0.25, -0.2) is 0 Å². The van der Waals surface area contributed by atoms with Crippen molar-refractivity contribution in [3.8, 4) is 0 Å². The lowest BCUT2D eigenvalue weighted by atomic mass is 9.96. The van der Waals surface area contributed by atoms with Crippen LogP contribution in [0.4, 0.5) is 0 Å². The molecule has 0 aliphatic carbocycles. The van der Waals surface area contributed by atoms with Crippen molar-refractivity contribution in [2.75, 3.05) is 0 Å². The number of nitrogens with one attached hydrogen (secondary N) is 2. The Bertz CT molecular complexity index is 569. The molecule has 0 aromatic heterocycles. The zero-order valence-electron chi connectivity index (χ0n) is 11.4. The SMILES string of the molecule is CC[C@@H](C)[C@H]1NC(=O)/C(=C\c2ccccc2Cl)NC1=O. The number of halogens is 1. The van der Waals surface area contributed by atoms with Crippen molar-refractivity contribution in [3.05, 3.63) is 40.5 Å². The monoisotopic (exact) mass is 292 g/mol. The van der Waals surface area contributed by atoms with E-state index in [-0.39, 0.29) is 23.4 Å². The molecule has 1 saturated heterocycles. The van der Waals surface area contributed by atoms with Gasteiger partial charge in [0.1, 0.15) is 11.7 Å². The zero-order chi connectivity index (χ0) is 14.7. The van der Waals surface area contributed by atoms with Crippen LogP contribution in [0.25, 0.3) is 6.08 Å². The topological polar surface area (TPSA) is 58.2 Å². The lowest BCUT2D eigenvalue weighted by Crippen LogP contribution is -2.57. The Balaban J connectivity index is 2.23. The van der Waals surface area contributed by atoms with Crippen LogP contribution in [0, 0.1) is 5.92 Å². The Morgan fingerprint density at radius 1 is 1.35 bits per heavy atom. The third-order valence-corrected chi connectivity index (χ3v) is 3.83. The first-order valence-electron chi connectivity index (χ1n) is 6.61. The molecule has 0 bridgehead atoms. The van der Waals surface area contributed by atoms with Gasteiger partial charge in [-0.2, -0.15) is 0 Å². The second kappa shape index (κ2) is 6.09. The molecule has 20 heavy (non-hydrogen) atoms. The normalized spacial score (nSPS) is 22.4. The van der Waals surface area contributed by atoms with Gasteiger partial charge in [0.25, 0.3) is 5.91 Å². The second-order valence-electron chi connectivity index (χ2n) is 4.91. The standard InChI is InChI=1S/C15H17ClN2O2/c1-3-9(2)13-15(20)17-12(14(19)18-13)8-10-6-4-5-7-11(10)16/h4-9,13H,3H2,1-2H3,(H,17,20)(H,18,19)/b12-8+/t9-,13-/m1/s1. The Hall–Kier alpha value is -1.81. The Morgan fingerprint density at radius 3 is 2.70 bits per heavy atom. The largest absolute Gasteiger partial charge is 0.339 e. The average molecular weight is 293 g/mol. The molecule has 5 heteroatoms. The quantitative estimate of drug-likeness (QED) is 0.840. The zero-order valence-corrected chi connectivity index (χ0v) is 12.2. The lowest BCUT2D eigenvalue weighted by Gasteiger charge is -2.28. The van der Waals surface area contributed by atoms with Gasteiger partial charge in [0.2, 0.25) is 5.91 Å². The van der Waals surface area contributed by atoms with Gasteiger partial charge in [-0.15, -0.1) is 0 Å². The summed E-state index contributed by atoms with van der Waals surface area (Å²) < 4.78 is 0. The van der Waals surface area contributed by atoms with E-state index in [1.54, 1.807) is 18.2 Å². The lowest BCUT2D eigenvalue weighted by molar-refractivity contribution is -0.132. The summed E-state index contributed by atoms with van der Waals surface area (Å²) in [6.07, 6.45) is 2.41. The third kappa shape index (κ3) is 3.02. The highest BCUT2D eigenvalue weighted by Gasteiger charge is 2.32. The Morgan fingerprint density at radius 2 is 2.05 bits per heavy atom. The second-order valence-corrected chi connectivity index (χ2v) is 5.31. The van der Waals surface area contributed by atoms with Gasteiger partial charge >= 0.3 is 0 Å². The number of carbonyl (C=O) groups excluding carboxylic acids is 2. The summed E-state index contributed by atoms with van der Waals surface area (Å²) in [7, 11) is 0. The average Bonchev–Trinajstić information content (AvgIpc) is 2.44. The van der Waals surface area contributed by atoms with E-state index in [0.717, 1.165) is 6.42 Å². The summed E-state index contributed by atoms with van der Waals surface area (Å²) in [6.45, 7) is 3.92. The van der Waals surface area contributed by atoms with E-state index >= 15 is 0 Å². The number of carbonyl (C=O) groups is 2. The van der Waals surface area contributed by atoms with Gasteiger partial charge in [0.05, 0.1) is 0 Å². The first-order valence-corrected chi connectivity index (χ1v) is 6.98. The molecule has 2 atom stereocenters. The molecule has 1 aromatic carbocycles. The van der Waals surface area contributed by atoms with Gasteiger partial charge in [-0.3, -0.25) is 9.59 Å². The summed E-state index contributed by atoms with van der Waals surface area (Å²) in [5.41, 5.74) is 0.921. The maximum absolute atomic E-state index is 12.0. The summed E-state index contributed by atoms with van der Waals surface area (Å²) in [6, 6.07) is 6.68. The van der Waals surface area contributed by atoms with Crippen molar-refractivity contribution in [3.63, 3.8) is 0 Å². The van der Waals surface area contributed by atoms with Crippen molar-refractivity contribution >= 4 is 29.5 Å². The van der Waals surface area contributed by atoms with Gasteiger partial charge in [0.15, 0.2) is 0 Å². The van der Waals surface area contributed by atoms with Gasteiger partial charge in [0, 0.05) is 5.02 Å². The van der Waals surface area contributed by atoms with Crippen LogP contribution in [-0.2, 0) is 9.59 Å². The van der Waals surface area contributed by atoms with Gasteiger partial charge in [-0.05, 0) is 23.6 Å². The van der Waals surface area contributed by atoms with Crippen LogP contribution >= 0.6 is 11.6 Å². The molecule has 4 nitrogen and oxygen atoms in total. The fourth-order valence-electron chi connectivity index (χ4n) is 2.04. The molecule has 2 rings (SSSR count). The van der Waals surface area contributed by atoms with Crippen molar-refractivity contribution in [2.24, 2.45) is 5.92 Å². The first kappa shape index (κ1) is 14.6. The van der Waals surface area contributed by atoms with Crippen molar-refractivity contribution in [1.82, 2.24) is 10.6 Å². The molecular formula is C15H17ClN2O2. The minimum Gasteiger partial charge on any atom is -0.339 e. The van der Waals surface area contributed by atoms with E-state index in [9.17, 15) is 9.59 Å². The molecule has 0 spiro atoms. The summed E-state index contributed by atoms with van der Waals surface area (Å²) >= 11 is 6.04. The van der Waals surface area contributed by atoms with E-state index < -0.39 is 6.04 Å². The molecule has 0 saturated carbocycles. The highest BCUT2D eigenvalue weighted by atomic mass is 35.5. The van der Waals surface area contributed by atoms with Crippen LogP contribution in [0.5, 0.6) is 0 Å². The van der Waals surface area contributed by atoms with Crippen molar-refractivity contribution in [2.45, 2.75) is 26.3 Å². The Kier molecular flexibility index (Phi) is 4.45. The highest BCUT2D eigenvalue weighted by molar-refractivity contribution is 6.32. The van der Waals surface area contributed by atoms with E-state index in [1.165, 1.54) is 0 Å². The van der Waals surface area contributed by atoms with Crippen LogP contribution in [0.1, 0.15) is 25.8 Å². The van der Waals surface area contributed by atoms with Crippen molar-refractivity contribution in [1.29, 1.82) is 0 Å². The molecular weight excluding hydrogens is 276 g/mol. The molecule has 1 fully saturated rings. The fourth-order valence-corrected chi connectivity index (χ4v) is 2.23.